The predicted molar refractivity (Wildman–Crippen MR) is 55.0 cm³/mol. The van der Waals surface area contributed by atoms with Gasteiger partial charge in [0.2, 0.25) is 0 Å². The number of carbonyl (C=O) groups is 2. The molecule has 0 bridgehead atoms. The zero-order valence-corrected chi connectivity index (χ0v) is 9.52. The van der Waals surface area contributed by atoms with E-state index >= 15 is 0 Å². The molecule has 0 aromatic heterocycles. The Balaban J connectivity index is 0.000000336. The fraction of sp³-hybridized carbons (Fsp3) is 0.600. The number of hydrogen-bond donors (Lipinski definition) is 0. The third-order valence-corrected chi connectivity index (χ3v) is 1.91. The highest BCUT2D eigenvalue weighted by Crippen LogP contribution is 2.14. The highest BCUT2D eigenvalue weighted by atomic mass is 16.5. The molecule has 0 saturated carbocycles. The summed E-state index contributed by atoms with van der Waals surface area (Å²) >= 11 is 0. The molecule has 0 spiro atoms. The molecule has 1 aliphatic heterocycles. The monoisotopic (exact) mass is 215 g/mol. The minimum absolute atomic E-state index is 0.0480. The average Bonchev–Trinajstić information content (AvgIpc) is 2.48. The second-order valence-electron chi connectivity index (χ2n) is 2.94. The molecule has 0 aliphatic carbocycles. The molecule has 0 saturated heterocycles. The SMILES string of the molecule is CCOC=O.COC1C=C(C)C(=O)N1C. The van der Waals surface area contributed by atoms with Crippen molar-refractivity contribution in [2.24, 2.45) is 0 Å². The fourth-order valence-electron chi connectivity index (χ4n) is 1.08. The predicted octanol–water partition coefficient (Wildman–Crippen LogP) is 0.556. The summed E-state index contributed by atoms with van der Waals surface area (Å²) in [6, 6.07) is 0. The van der Waals surface area contributed by atoms with Gasteiger partial charge in [-0.3, -0.25) is 9.59 Å². The van der Waals surface area contributed by atoms with Crippen LogP contribution in [0.2, 0.25) is 0 Å². The zero-order chi connectivity index (χ0) is 11.8. The van der Waals surface area contributed by atoms with Crippen LogP contribution in [-0.4, -0.2) is 44.3 Å². The summed E-state index contributed by atoms with van der Waals surface area (Å²) in [5.74, 6) is 0.0480. The Morgan fingerprint density at radius 3 is 2.33 bits per heavy atom. The van der Waals surface area contributed by atoms with Crippen molar-refractivity contribution in [3.63, 3.8) is 0 Å². The van der Waals surface area contributed by atoms with Crippen LogP contribution in [0.1, 0.15) is 13.8 Å². The first-order chi connectivity index (χ1) is 7.08. The highest BCUT2D eigenvalue weighted by molar-refractivity contribution is 5.95. The lowest BCUT2D eigenvalue weighted by Gasteiger charge is -2.16. The molecule has 1 unspecified atom stereocenters. The number of rotatable bonds is 3. The Morgan fingerprint density at radius 2 is 2.20 bits per heavy atom. The molecule has 1 atom stereocenters. The van der Waals surface area contributed by atoms with Crippen LogP contribution in [0.4, 0.5) is 0 Å². The molecular formula is C10H17NO4. The molecule has 0 aromatic rings. The zero-order valence-electron chi connectivity index (χ0n) is 9.52. The van der Waals surface area contributed by atoms with Crippen LogP contribution in [0, 0.1) is 0 Å². The lowest BCUT2D eigenvalue weighted by Crippen LogP contribution is -2.31. The van der Waals surface area contributed by atoms with E-state index in [-0.39, 0.29) is 12.1 Å². The maximum absolute atomic E-state index is 11.1. The Morgan fingerprint density at radius 1 is 1.60 bits per heavy atom. The van der Waals surface area contributed by atoms with Crippen molar-refractivity contribution in [1.29, 1.82) is 0 Å². The first-order valence-electron chi connectivity index (χ1n) is 4.62. The largest absolute Gasteiger partial charge is 0.468 e. The minimum Gasteiger partial charge on any atom is -0.468 e. The molecule has 86 valence electrons. The third kappa shape index (κ3) is 4.12. The van der Waals surface area contributed by atoms with E-state index in [9.17, 15) is 9.59 Å². The summed E-state index contributed by atoms with van der Waals surface area (Å²) in [7, 11) is 3.31. The first kappa shape index (κ1) is 13.6. The van der Waals surface area contributed by atoms with E-state index in [1.807, 2.05) is 6.08 Å². The van der Waals surface area contributed by atoms with E-state index in [2.05, 4.69) is 4.74 Å². The Labute approximate surface area is 89.6 Å². The quantitative estimate of drug-likeness (QED) is 0.645. The fourth-order valence-corrected chi connectivity index (χ4v) is 1.08. The standard InChI is InChI=1S/C7H11NO2.C3H6O2/c1-5-4-6(10-3)8(2)7(5)9;1-2-5-3-4/h4,6H,1-3H3;3H,2H2,1H3. The third-order valence-electron chi connectivity index (χ3n) is 1.91. The molecule has 1 aliphatic rings. The Bertz CT molecular complexity index is 250. The Kier molecular flexibility index (Phi) is 6.37. The van der Waals surface area contributed by atoms with Crippen molar-refractivity contribution in [2.75, 3.05) is 20.8 Å². The molecule has 5 heteroatoms. The molecule has 1 heterocycles. The van der Waals surface area contributed by atoms with Gasteiger partial charge in [-0.05, 0) is 19.9 Å². The van der Waals surface area contributed by atoms with Gasteiger partial charge < -0.3 is 14.4 Å². The van der Waals surface area contributed by atoms with Gasteiger partial charge in [-0.2, -0.15) is 0 Å². The summed E-state index contributed by atoms with van der Waals surface area (Å²) in [4.78, 5) is 21.8. The van der Waals surface area contributed by atoms with Crippen molar-refractivity contribution >= 4 is 12.4 Å². The molecule has 5 nitrogen and oxygen atoms in total. The number of hydrogen-bond acceptors (Lipinski definition) is 4. The van der Waals surface area contributed by atoms with Crippen molar-refractivity contribution in [3.8, 4) is 0 Å². The molecular weight excluding hydrogens is 198 g/mol. The van der Waals surface area contributed by atoms with E-state index in [1.54, 1.807) is 32.9 Å². The van der Waals surface area contributed by atoms with Crippen LogP contribution in [-0.2, 0) is 19.1 Å². The Hall–Kier alpha value is -1.36. The topological polar surface area (TPSA) is 55.8 Å². The second-order valence-corrected chi connectivity index (χ2v) is 2.94. The number of ether oxygens (including phenoxy) is 2. The molecule has 0 fully saturated rings. The van der Waals surface area contributed by atoms with Crippen molar-refractivity contribution in [2.45, 2.75) is 20.1 Å². The first-order valence-corrected chi connectivity index (χ1v) is 4.62. The minimum atomic E-state index is -0.160. The van der Waals surface area contributed by atoms with Gasteiger partial charge in [0.25, 0.3) is 12.4 Å². The number of amides is 1. The highest BCUT2D eigenvalue weighted by Gasteiger charge is 2.25. The maximum atomic E-state index is 11.1. The lowest BCUT2D eigenvalue weighted by atomic mass is 10.3. The summed E-state index contributed by atoms with van der Waals surface area (Å²) in [5, 5.41) is 0. The van der Waals surface area contributed by atoms with E-state index in [0.717, 1.165) is 5.57 Å². The number of likely N-dealkylation sites (N-methyl/N-ethyl adjacent to an activating group) is 1. The molecule has 15 heavy (non-hydrogen) atoms. The van der Waals surface area contributed by atoms with E-state index in [1.165, 1.54) is 0 Å². The molecule has 0 N–H and O–H groups in total. The summed E-state index contributed by atoms with van der Waals surface area (Å²) in [5.41, 5.74) is 0.759. The van der Waals surface area contributed by atoms with E-state index < -0.39 is 0 Å². The number of carbonyl (C=O) groups excluding carboxylic acids is 2. The van der Waals surface area contributed by atoms with Gasteiger partial charge in [-0.25, -0.2) is 0 Å². The van der Waals surface area contributed by atoms with Crippen LogP contribution < -0.4 is 0 Å². The van der Waals surface area contributed by atoms with Crippen LogP contribution in [0.15, 0.2) is 11.6 Å². The maximum Gasteiger partial charge on any atom is 0.293 e. The van der Waals surface area contributed by atoms with Crippen molar-refractivity contribution in [3.05, 3.63) is 11.6 Å². The van der Waals surface area contributed by atoms with Gasteiger partial charge in [0.1, 0.15) is 0 Å². The average molecular weight is 215 g/mol. The van der Waals surface area contributed by atoms with E-state index in [4.69, 9.17) is 4.74 Å². The van der Waals surface area contributed by atoms with Gasteiger partial charge >= 0.3 is 0 Å². The van der Waals surface area contributed by atoms with Gasteiger partial charge in [-0.1, -0.05) is 0 Å². The van der Waals surface area contributed by atoms with Gasteiger partial charge in [0.05, 0.1) is 6.61 Å². The molecule has 0 aromatic carbocycles. The number of nitrogens with zero attached hydrogens (tertiary/aromatic N) is 1. The van der Waals surface area contributed by atoms with Crippen LogP contribution in [0.25, 0.3) is 0 Å². The van der Waals surface area contributed by atoms with Gasteiger partial charge in [0, 0.05) is 19.7 Å². The second kappa shape index (κ2) is 7.00. The van der Waals surface area contributed by atoms with Crippen molar-refractivity contribution < 1.29 is 19.1 Å². The van der Waals surface area contributed by atoms with Gasteiger partial charge in [0.15, 0.2) is 6.23 Å². The van der Waals surface area contributed by atoms with Crippen LogP contribution in [0.5, 0.6) is 0 Å². The summed E-state index contributed by atoms with van der Waals surface area (Å²) in [6.45, 7) is 4.45. The molecule has 0 radical (unpaired) electrons. The van der Waals surface area contributed by atoms with Crippen LogP contribution >= 0.6 is 0 Å². The summed E-state index contributed by atoms with van der Waals surface area (Å²) in [6.07, 6.45) is 1.65. The smallest absolute Gasteiger partial charge is 0.293 e. The van der Waals surface area contributed by atoms with E-state index in [0.29, 0.717) is 13.1 Å². The van der Waals surface area contributed by atoms with Crippen molar-refractivity contribution in [1.82, 2.24) is 4.90 Å². The normalized spacial score (nSPS) is 19.2. The van der Waals surface area contributed by atoms with Gasteiger partial charge in [-0.15, -0.1) is 0 Å². The molecule has 1 rings (SSSR count). The summed E-state index contributed by atoms with van der Waals surface area (Å²) < 4.78 is 9.15. The lowest BCUT2D eigenvalue weighted by molar-refractivity contribution is -0.131. The number of methoxy groups -OCH3 is 1. The van der Waals surface area contributed by atoms with Crippen LogP contribution in [0.3, 0.4) is 0 Å². The molecule has 1 amide bonds.